The van der Waals surface area contributed by atoms with E-state index >= 15 is 0 Å². The highest BCUT2D eigenvalue weighted by Gasteiger charge is 2.34. The molecular formula is C24H24ClN5O5. The number of nitrogens with zero attached hydrogens (tertiary/aromatic N) is 3. The number of nitrogens with one attached hydrogen (secondary N) is 2. The van der Waals surface area contributed by atoms with E-state index in [1.807, 2.05) is 4.90 Å². The minimum absolute atomic E-state index is 0.00614. The van der Waals surface area contributed by atoms with E-state index in [0.29, 0.717) is 47.9 Å². The van der Waals surface area contributed by atoms with E-state index < -0.39 is 5.91 Å². The summed E-state index contributed by atoms with van der Waals surface area (Å²) in [6.45, 7) is 1.26. The summed E-state index contributed by atoms with van der Waals surface area (Å²) < 4.78 is 11.0. The van der Waals surface area contributed by atoms with E-state index in [4.69, 9.17) is 20.8 Å². The summed E-state index contributed by atoms with van der Waals surface area (Å²) in [4.78, 5) is 48.5. The van der Waals surface area contributed by atoms with Crippen LogP contribution in [0.2, 0.25) is 5.15 Å². The number of fused-ring (bicyclic) bond motifs is 1. The lowest BCUT2D eigenvalue weighted by molar-refractivity contribution is -0.146. The normalized spacial score (nSPS) is 20.6. The van der Waals surface area contributed by atoms with Gasteiger partial charge in [-0.15, -0.1) is 0 Å². The van der Waals surface area contributed by atoms with Crippen LogP contribution < -0.4 is 10.6 Å². The molecule has 0 unspecified atom stereocenters. The molecule has 2 aliphatic rings. The van der Waals surface area contributed by atoms with Crippen molar-refractivity contribution in [3.63, 3.8) is 0 Å². The summed E-state index contributed by atoms with van der Waals surface area (Å²) >= 11 is 5.81. The molecule has 3 amide bonds. The molecule has 1 saturated carbocycles. The number of halogens is 1. The number of hydrogen-bond acceptors (Lipinski definition) is 7. The number of pyridine rings is 2. The van der Waals surface area contributed by atoms with Gasteiger partial charge in [-0.3, -0.25) is 19.4 Å². The monoisotopic (exact) mass is 497 g/mol. The first-order valence-electron chi connectivity index (χ1n) is 11.5. The van der Waals surface area contributed by atoms with Crippen LogP contribution in [0, 0.1) is 5.92 Å². The van der Waals surface area contributed by atoms with E-state index in [-0.39, 0.29) is 41.8 Å². The number of hydrogen-bond donors (Lipinski definition) is 2. The molecule has 2 fully saturated rings. The molecule has 182 valence electrons. The van der Waals surface area contributed by atoms with Gasteiger partial charge in [0.25, 0.3) is 5.91 Å². The number of aromatic nitrogens is 2. The molecule has 2 N–H and O–H groups in total. The summed E-state index contributed by atoms with van der Waals surface area (Å²) in [6.07, 6.45) is 5.76. The zero-order valence-electron chi connectivity index (χ0n) is 18.8. The zero-order valence-corrected chi connectivity index (χ0v) is 19.6. The van der Waals surface area contributed by atoms with Gasteiger partial charge in [-0.05, 0) is 49.9 Å². The van der Waals surface area contributed by atoms with Gasteiger partial charge >= 0.3 is 0 Å². The highest BCUT2D eigenvalue weighted by molar-refractivity contribution is 6.29. The number of ether oxygens (including phenoxy) is 1. The van der Waals surface area contributed by atoms with Crippen LogP contribution in [-0.2, 0) is 14.3 Å². The lowest BCUT2D eigenvalue weighted by atomic mass is 9.84. The van der Waals surface area contributed by atoms with Crippen LogP contribution in [0.15, 0.2) is 41.1 Å². The Morgan fingerprint density at radius 3 is 2.66 bits per heavy atom. The fraction of sp³-hybridized carbons (Fsp3) is 0.375. The van der Waals surface area contributed by atoms with Crippen molar-refractivity contribution in [2.75, 3.05) is 30.4 Å². The topological polar surface area (TPSA) is 127 Å². The smallest absolute Gasteiger partial charge is 0.293 e. The summed E-state index contributed by atoms with van der Waals surface area (Å²) in [5.74, 6) is -1.03. The Morgan fingerprint density at radius 2 is 1.91 bits per heavy atom. The van der Waals surface area contributed by atoms with Crippen molar-refractivity contribution in [3.05, 3.63) is 47.6 Å². The van der Waals surface area contributed by atoms with Crippen LogP contribution in [0.25, 0.3) is 11.1 Å². The molecule has 1 aliphatic heterocycles. The summed E-state index contributed by atoms with van der Waals surface area (Å²) in [5.41, 5.74) is 1.45. The first-order chi connectivity index (χ1) is 17.0. The number of carbonyl (C=O) groups is 3. The third kappa shape index (κ3) is 4.98. The maximum absolute atomic E-state index is 13.2. The Hall–Kier alpha value is -3.50. The van der Waals surface area contributed by atoms with Crippen LogP contribution in [-0.4, -0.2) is 58.4 Å². The molecule has 4 heterocycles. The Kier molecular flexibility index (Phi) is 6.65. The molecular weight excluding hydrogens is 474 g/mol. The molecule has 10 nitrogen and oxygen atoms in total. The number of carbonyl (C=O) groups excluding carboxylic acids is 3. The maximum Gasteiger partial charge on any atom is 0.293 e. The van der Waals surface area contributed by atoms with E-state index in [1.165, 1.54) is 6.20 Å². The van der Waals surface area contributed by atoms with Crippen LogP contribution in [0.4, 0.5) is 11.4 Å². The highest BCUT2D eigenvalue weighted by atomic mass is 35.5. The zero-order chi connectivity index (χ0) is 24.4. The van der Waals surface area contributed by atoms with E-state index in [9.17, 15) is 14.4 Å². The molecule has 0 atom stereocenters. The fourth-order valence-electron chi connectivity index (χ4n) is 4.63. The molecule has 3 aromatic heterocycles. The Balaban J connectivity index is 1.30. The molecule has 3 aromatic rings. The molecule has 0 radical (unpaired) electrons. The number of anilines is 2. The number of furan rings is 1. The Bertz CT molecular complexity index is 1250. The van der Waals surface area contributed by atoms with Crippen LogP contribution in [0.1, 0.15) is 36.2 Å². The van der Waals surface area contributed by atoms with Gasteiger partial charge in [0.05, 0.1) is 18.5 Å². The van der Waals surface area contributed by atoms with Crippen LogP contribution in [0.5, 0.6) is 0 Å². The van der Waals surface area contributed by atoms with Crippen molar-refractivity contribution in [2.24, 2.45) is 5.92 Å². The second-order valence-corrected chi connectivity index (χ2v) is 9.00. The summed E-state index contributed by atoms with van der Waals surface area (Å²) in [5, 5.41) is 5.90. The lowest BCUT2D eigenvalue weighted by Gasteiger charge is -2.38. The van der Waals surface area contributed by atoms with Crippen molar-refractivity contribution >= 4 is 51.8 Å². The predicted octanol–water partition coefficient (Wildman–Crippen LogP) is 3.48. The van der Waals surface area contributed by atoms with Gasteiger partial charge < -0.3 is 24.7 Å². The molecule has 0 aromatic carbocycles. The van der Waals surface area contributed by atoms with Gasteiger partial charge in [0.2, 0.25) is 17.6 Å². The van der Waals surface area contributed by atoms with Crippen molar-refractivity contribution in [3.8, 4) is 0 Å². The summed E-state index contributed by atoms with van der Waals surface area (Å²) in [7, 11) is 0. The SMILES string of the molecule is O=C(Nc1ccc(Cl)nc1)c1oc2cccnc2c1NC(=O)[C@H]1CC[C@H](N2CCOCC2=O)CC1. The molecule has 0 bridgehead atoms. The first-order valence-corrected chi connectivity index (χ1v) is 11.9. The minimum Gasteiger partial charge on any atom is -0.447 e. The predicted molar refractivity (Wildman–Crippen MR) is 128 cm³/mol. The van der Waals surface area contributed by atoms with Crippen molar-refractivity contribution in [1.82, 2.24) is 14.9 Å². The average molecular weight is 498 g/mol. The first kappa shape index (κ1) is 23.3. The molecule has 11 heteroatoms. The van der Waals surface area contributed by atoms with Crippen molar-refractivity contribution in [1.29, 1.82) is 0 Å². The van der Waals surface area contributed by atoms with Gasteiger partial charge in [-0.25, -0.2) is 4.98 Å². The van der Waals surface area contributed by atoms with Crippen molar-refractivity contribution in [2.45, 2.75) is 31.7 Å². The number of rotatable bonds is 5. The van der Waals surface area contributed by atoms with Gasteiger partial charge in [-0.1, -0.05) is 11.6 Å². The molecule has 0 spiro atoms. The van der Waals surface area contributed by atoms with E-state index in [1.54, 1.807) is 30.5 Å². The molecule has 1 saturated heterocycles. The lowest BCUT2D eigenvalue weighted by Crippen LogP contribution is -2.49. The second-order valence-electron chi connectivity index (χ2n) is 8.61. The van der Waals surface area contributed by atoms with Gasteiger partial charge in [0.1, 0.15) is 23.0 Å². The van der Waals surface area contributed by atoms with E-state index in [0.717, 1.165) is 12.8 Å². The molecule has 5 rings (SSSR count). The van der Waals surface area contributed by atoms with Crippen LogP contribution >= 0.6 is 11.6 Å². The molecule has 1 aliphatic carbocycles. The van der Waals surface area contributed by atoms with Gasteiger partial charge in [0.15, 0.2) is 5.58 Å². The largest absolute Gasteiger partial charge is 0.447 e. The average Bonchev–Trinajstić information content (AvgIpc) is 3.24. The fourth-order valence-corrected chi connectivity index (χ4v) is 4.75. The van der Waals surface area contributed by atoms with E-state index in [2.05, 4.69) is 20.6 Å². The minimum atomic E-state index is -0.544. The van der Waals surface area contributed by atoms with Gasteiger partial charge in [0, 0.05) is 24.7 Å². The molecule has 35 heavy (non-hydrogen) atoms. The Labute approximate surface area is 206 Å². The van der Waals surface area contributed by atoms with Crippen LogP contribution in [0.3, 0.4) is 0 Å². The maximum atomic E-state index is 13.2. The second kappa shape index (κ2) is 10.0. The quantitative estimate of drug-likeness (QED) is 0.516. The van der Waals surface area contributed by atoms with Crippen molar-refractivity contribution < 1.29 is 23.5 Å². The Morgan fingerprint density at radius 1 is 1.09 bits per heavy atom. The summed E-state index contributed by atoms with van der Waals surface area (Å²) in [6, 6.07) is 6.67. The highest BCUT2D eigenvalue weighted by Crippen LogP contribution is 2.33. The van der Waals surface area contributed by atoms with Gasteiger partial charge in [-0.2, -0.15) is 0 Å². The standard InChI is InChI=1S/C24H24ClN5O5/c25-18-8-5-15(12-27-18)28-24(33)22-21(20-17(35-22)2-1-9-26-20)29-23(32)14-3-6-16(7-4-14)30-10-11-34-13-19(30)31/h1-2,5,8-9,12,14,16H,3-4,6-7,10-11,13H2,(H,28,33)(H,29,32)/t14-,16-. The number of morpholine rings is 1. The number of amides is 3. The third-order valence-corrected chi connectivity index (χ3v) is 6.64. The third-order valence-electron chi connectivity index (χ3n) is 6.42.